The van der Waals surface area contributed by atoms with Crippen molar-refractivity contribution in [2.24, 2.45) is 10.8 Å². The van der Waals surface area contributed by atoms with Crippen LogP contribution in [-0.2, 0) is 4.79 Å². The van der Waals surface area contributed by atoms with E-state index in [2.05, 4.69) is 20.4 Å². The van der Waals surface area contributed by atoms with Gasteiger partial charge in [-0.2, -0.15) is 0 Å². The van der Waals surface area contributed by atoms with Crippen molar-refractivity contribution in [3.63, 3.8) is 0 Å². The van der Waals surface area contributed by atoms with Crippen LogP contribution in [0.1, 0.15) is 40.0 Å². The van der Waals surface area contributed by atoms with Gasteiger partial charge in [0.1, 0.15) is 5.60 Å². The zero-order valence-electron chi connectivity index (χ0n) is 9.18. The Labute approximate surface area is 85.0 Å². The molecule has 0 saturated heterocycles. The molecule has 78 valence electrons. The van der Waals surface area contributed by atoms with E-state index in [4.69, 9.17) is 0 Å². The van der Waals surface area contributed by atoms with Crippen molar-refractivity contribution < 1.29 is 9.90 Å². The predicted octanol–water partition coefficient (Wildman–Crippen LogP) is 2.07. The molecule has 1 unspecified atom stereocenters. The third kappa shape index (κ3) is 0.714. The molecule has 0 aliphatic heterocycles. The second kappa shape index (κ2) is 2.30. The lowest BCUT2D eigenvalue weighted by molar-refractivity contribution is -0.134. The molecule has 0 radical (unpaired) electrons. The minimum Gasteiger partial charge on any atom is -0.381 e. The lowest BCUT2D eigenvalue weighted by Crippen LogP contribution is -2.41. The molecule has 2 saturated carbocycles. The van der Waals surface area contributed by atoms with Crippen LogP contribution in [-0.4, -0.2) is 16.5 Å². The molecule has 2 heteroatoms. The molecule has 2 nitrogen and oxygen atoms in total. The summed E-state index contributed by atoms with van der Waals surface area (Å²) in [5.41, 5.74) is -0.937. The first-order valence-corrected chi connectivity index (χ1v) is 5.30. The van der Waals surface area contributed by atoms with Gasteiger partial charge < -0.3 is 5.11 Å². The Hall–Kier alpha value is -0.630. The minimum atomic E-state index is -1.17. The highest BCUT2D eigenvalue weighted by molar-refractivity contribution is 6.06. The maximum Gasteiger partial charge on any atom is 0.190 e. The summed E-state index contributed by atoms with van der Waals surface area (Å²) in [5, 5.41) is 10.3. The number of hydrogen-bond donors (Lipinski definition) is 1. The summed E-state index contributed by atoms with van der Waals surface area (Å²) >= 11 is 0. The first-order chi connectivity index (χ1) is 6.33. The number of hydrogen-bond acceptors (Lipinski definition) is 2. The SMILES string of the molecule is C=C1C(=O)[C@](C)(O)C2(CC2)C1(C)CC. The summed E-state index contributed by atoms with van der Waals surface area (Å²) < 4.78 is 0. The summed E-state index contributed by atoms with van der Waals surface area (Å²) in [7, 11) is 0. The number of carbonyl (C=O) groups excluding carboxylic acids is 1. The molecule has 0 aromatic heterocycles. The highest BCUT2D eigenvalue weighted by atomic mass is 16.3. The van der Waals surface area contributed by atoms with Gasteiger partial charge >= 0.3 is 0 Å². The van der Waals surface area contributed by atoms with Crippen LogP contribution in [0.4, 0.5) is 0 Å². The zero-order chi connectivity index (χ0) is 10.8. The Morgan fingerprint density at radius 3 is 2.21 bits per heavy atom. The third-order valence-corrected chi connectivity index (χ3v) is 4.83. The molecule has 14 heavy (non-hydrogen) atoms. The second-order valence-corrected chi connectivity index (χ2v) is 5.15. The molecule has 2 fully saturated rings. The van der Waals surface area contributed by atoms with Crippen molar-refractivity contribution in [1.29, 1.82) is 0 Å². The Morgan fingerprint density at radius 2 is 1.93 bits per heavy atom. The fourth-order valence-corrected chi connectivity index (χ4v) is 3.30. The Balaban J connectivity index is 2.58. The van der Waals surface area contributed by atoms with E-state index >= 15 is 0 Å². The average Bonchev–Trinajstić information content (AvgIpc) is 2.92. The maximum absolute atomic E-state index is 11.9. The van der Waals surface area contributed by atoms with E-state index in [9.17, 15) is 9.90 Å². The van der Waals surface area contributed by atoms with Crippen molar-refractivity contribution in [3.05, 3.63) is 12.2 Å². The highest BCUT2D eigenvalue weighted by Gasteiger charge is 2.74. The van der Waals surface area contributed by atoms with E-state index < -0.39 is 5.60 Å². The van der Waals surface area contributed by atoms with Crippen LogP contribution in [0.15, 0.2) is 12.2 Å². The van der Waals surface area contributed by atoms with Gasteiger partial charge in [0.2, 0.25) is 0 Å². The van der Waals surface area contributed by atoms with Gasteiger partial charge in [-0.1, -0.05) is 20.4 Å². The summed E-state index contributed by atoms with van der Waals surface area (Å²) in [6.45, 7) is 9.68. The van der Waals surface area contributed by atoms with Gasteiger partial charge in [-0.05, 0) is 31.8 Å². The molecule has 1 spiro atoms. The van der Waals surface area contributed by atoms with Gasteiger partial charge in [-0.15, -0.1) is 0 Å². The molecule has 0 aromatic rings. The summed E-state index contributed by atoms with van der Waals surface area (Å²) in [6, 6.07) is 0. The monoisotopic (exact) mass is 194 g/mol. The van der Waals surface area contributed by atoms with Crippen molar-refractivity contribution in [3.8, 4) is 0 Å². The number of rotatable bonds is 1. The lowest BCUT2D eigenvalue weighted by atomic mass is 9.69. The quantitative estimate of drug-likeness (QED) is 0.649. The van der Waals surface area contributed by atoms with Gasteiger partial charge in [0.05, 0.1) is 0 Å². The van der Waals surface area contributed by atoms with Gasteiger partial charge in [0, 0.05) is 10.8 Å². The van der Waals surface area contributed by atoms with E-state index in [1.807, 2.05) is 0 Å². The summed E-state index contributed by atoms with van der Waals surface area (Å²) in [5.74, 6) is -0.139. The molecule has 2 aliphatic rings. The van der Waals surface area contributed by atoms with Crippen molar-refractivity contribution in [1.82, 2.24) is 0 Å². The minimum absolute atomic E-state index is 0.139. The van der Waals surface area contributed by atoms with E-state index in [0.717, 1.165) is 19.3 Å². The van der Waals surface area contributed by atoms with Crippen LogP contribution < -0.4 is 0 Å². The van der Waals surface area contributed by atoms with E-state index in [0.29, 0.717) is 5.57 Å². The number of carbonyl (C=O) groups is 1. The molecular weight excluding hydrogens is 176 g/mol. The van der Waals surface area contributed by atoms with Crippen molar-refractivity contribution >= 4 is 5.78 Å². The van der Waals surface area contributed by atoms with Gasteiger partial charge in [0.15, 0.2) is 5.78 Å². The Kier molecular flexibility index (Phi) is 1.63. The lowest BCUT2D eigenvalue weighted by Gasteiger charge is -2.35. The topological polar surface area (TPSA) is 37.3 Å². The molecular formula is C12H18O2. The van der Waals surface area contributed by atoms with E-state index in [1.165, 1.54) is 0 Å². The Bertz CT molecular complexity index is 323. The van der Waals surface area contributed by atoms with Gasteiger partial charge in [-0.25, -0.2) is 0 Å². The molecule has 2 rings (SSSR count). The number of Topliss-reactive ketones (excluding diaryl/α,β-unsaturated/α-hetero) is 1. The molecule has 0 amide bonds. The van der Waals surface area contributed by atoms with Crippen LogP contribution in [0.2, 0.25) is 0 Å². The maximum atomic E-state index is 11.9. The first-order valence-electron chi connectivity index (χ1n) is 5.30. The Morgan fingerprint density at radius 1 is 1.43 bits per heavy atom. The first kappa shape index (κ1) is 9.91. The molecule has 2 atom stereocenters. The number of ketones is 1. The summed E-state index contributed by atoms with van der Waals surface area (Å²) in [4.78, 5) is 11.9. The molecule has 0 bridgehead atoms. The predicted molar refractivity (Wildman–Crippen MR) is 54.8 cm³/mol. The van der Waals surface area contributed by atoms with Crippen molar-refractivity contribution in [2.45, 2.75) is 45.6 Å². The largest absolute Gasteiger partial charge is 0.381 e. The fraction of sp³-hybridized carbons (Fsp3) is 0.750. The smallest absolute Gasteiger partial charge is 0.190 e. The van der Waals surface area contributed by atoms with Crippen molar-refractivity contribution in [2.75, 3.05) is 0 Å². The standard InChI is InChI=1S/C12H18O2/c1-5-10(3)8(2)9(13)11(4,14)12(10)6-7-12/h14H,2,5-7H2,1,3-4H3/t10?,11-/m0/s1. The van der Waals surface area contributed by atoms with Crippen LogP contribution in [0.25, 0.3) is 0 Å². The fourth-order valence-electron chi connectivity index (χ4n) is 3.30. The second-order valence-electron chi connectivity index (χ2n) is 5.15. The van der Waals surface area contributed by atoms with Crippen LogP contribution in [0.5, 0.6) is 0 Å². The normalized spacial score (nSPS) is 44.9. The van der Waals surface area contributed by atoms with Crippen LogP contribution in [0, 0.1) is 10.8 Å². The molecule has 1 N–H and O–H groups in total. The molecule has 2 aliphatic carbocycles. The van der Waals surface area contributed by atoms with Gasteiger partial charge in [-0.3, -0.25) is 4.79 Å². The van der Waals surface area contributed by atoms with Crippen LogP contribution in [0.3, 0.4) is 0 Å². The van der Waals surface area contributed by atoms with Gasteiger partial charge in [0.25, 0.3) is 0 Å². The molecule has 0 heterocycles. The third-order valence-electron chi connectivity index (χ3n) is 4.83. The summed E-state index contributed by atoms with van der Waals surface area (Å²) in [6.07, 6.45) is 2.79. The zero-order valence-corrected chi connectivity index (χ0v) is 9.18. The van der Waals surface area contributed by atoms with E-state index in [1.54, 1.807) is 6.92 Å². The van der Waals surface area contributed by atoms with E-state index in [-0.39, 0.29) is 16.6 Å². The molecule has 0 aromatic carbocycles. The highest BCUT2D eigenvalue weighted by Crippen LogP contribution is 2.73. The van der Waals surface area contributed by atoms with Crippen LogP contribution >= 0.6 is 0 Å². The number of aliphatic hydroxyl groups is 1. The average molecular weight is 194 g/mol.